The molecule has 1 aromatic heterocycles. The van der Waals surface area contributed by atoms with Crippen LogP contribution in [0.15, 0.2) is 36.4 Å². The van der Waals surface area contributed by atoms with Crippen molar-refractivity contribution < 1.29 is 4.79 Å². The molecule has 0 aliphatic heterocycles. The second-order valence-corrected chi connectivity index (χ2v) is 4.55. The van der Waals surface area contributed by atoms with Crippen LogP contribution in [0.1, 0.15) is 30.3 Å². The standard InChI is InChI=1S/C15H19N3O/c1-2-12(9-10-16)17-15(19)14-8-7-11-5-3-4-6-13(11)18-14/h3-8,12H,2,9-10,16H2,1H3,(H,17,19). The lowest BCUT2D eigenvalue weighted by molar-refractivity contribution is 0.0930. The fourth-order valence-electron chi connectivity index (χ4n) is 2.03. The molecule has 3 N–H and O–H groups in total. The summed E-state index contributed by atoms with van der Waals surface area (Å²) < 4.78 is 0. The molecule has 0 spiro atoms. The lowest BCUT2D eigenvalue weighted by Crippen LogP contribution is -2.36. The first kappa shape index (κ1) is 13.5. The molecule has 0 fully saturated rings. The van der Waals surface area contributed by atoms with E-state index in [0.29, 0.717) is 12.2 Å². The van der Waals surface area contributed by atoms with Gasteiger partial charge in [-0.05, 0) is 31.5 Å². The Labute approximate surface area is 113 Å². The molecule has 2 rings (SSSR count). The number of hydrogen-bond acceptors (Lipinski definition) is 3. The molecule has 1 atom stereocenters. The van der Waals surface area contributed by atoms with Gasteiger partial charge in [-0.15, -0.1) is 0 Å². The Balaban J connectivity index is 2.16. The minimum Gasteiger partial charge on any atom is -0.348 e. The molecule has 4 nitrogen and oxygen atoms in total. The molecule has 19 heavy (non-hydrogen) atoms. The zero-order valence-electron chi connectivity index (χ0n) is 11.1. The molecular weight excluding hydrogens is 238 g/mol. The van der Waals surface area contributed by atoms with E-state index in [1.165, 1.54) is 0 Å². The number of rotatable bonds is 5. The zero-order chi connectivity index (χ0) is 13.7. The smallest absolute Gasteiger partial charge is 0.270 e. The first-order valence-electron chi connectivity index (χ1n) is 6.61. The summed E-state index contributed by atoms with van der Waals surface area (Å²) in [6.07, 6.45) is 1.66. The molecule has 0 saturated carbocycles. The quantitative estimate of drug-likeness (QED) is 0.861. The Hall–Kier alpha value is -1.94. The topological polar surface area (TPSA) is 68.0 Å². The zero-order valence-corrected chi connectivity index (χ0v) is 11.1. The van der Waals surface area contributed by atoms with Gasteiger partial charge in [0, 0.05) is 11.4 Å². The number of aromatic nitrogens is 1. The monoisotopic (exact) mass is 257 g/mol. The van der Waals surface area contributed by atoms with Gasteiger partial charge in [-0.1, -0.05) is 31.2 Å². The number of fused-ring (bicyclic) bond motifs is 1. The third kappa shape index (κ3) is 3.29. The molecule has 0 radical (unpaired) electrons. The third-order valence-electron chi connectivity index (χ3n) is 3.17. The minimum atomic E-state index is -0.133. The van der Waals surface area contributed by atoms with Crippen LogP contribution in [0.5, 0.6) is 0 Å². The van der Waals surface area contributed by atoms with Crippen LogP contribution in [-0.2, 0) is 0 Å². The van der Waals surface area contributed by atoms with E-state index in [1.807, 2.05) is 37.3 Å². The number of nitrogens with zero attached hydrogens (tertiary/aromatic N) is 1. The number of carbonyl (C=O) groups excluding carboxylic acids is 1. The van der Waals surface area contributed by atoms with Crippen LogP contribution >= 0.6 is 0 Å². The van der Waals surface area contributed by atoms with E-state index in [9.17, 15) is 4.79 Å². The van der Waals surface area contributed by atoms with Crippen molar-refractivity contribution in [1.82, 2.24) is 10.3 Å². The lowest BCUT2D eigenvalue weighted by Gasteiger charge is -2.15. The van der Waals surface area contributed by atoms with Gasteiger partial charge in [-0.2, -0.15) is 0 Å². The van der Waals surface area contributed by atoms with E-state index in [4.69, 9.17) is 5.73 Å². The van der Waals surface area contributed by atoms with Crippen LogP contribution in [0.4, 0.5) is 0 Å². The first-order valence-corrected chi connectivity index (χ1v) is 6.61. The molecule has 1 heterocycles. The summed E-state index contributed by atoms with van der Waals surface area (Å²) in [4.78, 5) is 16.5. The first-order chi connectivity index (χ1) is 9.24. The number of carbonyl (C=O) groups is 1. The molecule has 0 aliphatic carbocycles. The second-order valence-electron chi connectivity index (χ2n) is 4.55. The Kier molecular flexibility index (Phi) is 4.47. The molecule has 1 aromatic carbocycles. The van der Waals surface area contributed by atoms with Gasteiger partial charge in [0.15, 0.2) is 0 Å². The Morgan fingerprint density at radius 3 is 2.84 bits per heavy atom. The third-order valence-corrected chi connectivity index (χ3v) is 3.17. The van der Waals surface area contributed by atoms with Crippen LogP contribution in [0, 0.1) is 0 Å². The Morgan fingerprint density at radius 1 is 1.32 bits per heavy atom. The van der Waals surface area contributed by atoms with Gasteiger partial charge >= 0.3 is 0 Å². The largest absolute Gasteiger partial charge is 0.348 e. The maximum absolute atomic E-state index is 12.1. The molecule has 0 bridgehead atoms. The van der Waals surface area contributed by atoms with E-state index in [-0.39, 0.29) is 11.9 Å². The molecule has 1 unspecified atom stereocenters. The summed E-state index contributed by atoms with van der Waals surface area (Å²) in [5.74, 6) is -0.133. The maximum Gasteiger partial charge on any atom is 0.270 e. The predicted octanol–water partition coefficient (Wildman–Crippen LogP) is 2.09. The SMILES string of the molecule is CCC(CCN)NC(=O)c1ccc2ccccc2n1. The van der Waals surface area contributed by atoms with Crippen LogP contribution in [0.25, 0.3) is 10.9 Å². The Bertz CT molecular complexity index is 568. The summed E-state index contributed by atoms with van der Waals surface area (Å²) in [6, 6.07) is 11.5. The van der Waals surface area contributed by atoms with Crippen molar-refractivity contribution in [2.75, 3.05) is 6.54 Å². The molecule has 100 valence electrons. The summed E-state index contributed by atoms with van der Waals surface area (Å²) in [5.41, 5.74) is 6.82. The van der Waals surface area contributed by atoms with Crippen LogP contribution < -0.4 is 11.1 Å². The molecule has 2 aromatic rings. The number of pyridine rings is 1. The summed E-state index contributed by atoms with van der Waals surface area (Å²) >= 11 is 0. The van der Waals surface area contributed by atoms with Gasteiger partial charge in [0.2, 0.25) is 0 Å². The highest BCUT2D eigenvalue weighted by Gasteiger charge is 2.12. The lowest BCUT2D eigenvalue weighted by atomic mass is 10.1. The number of amides is 1. The molecule has 0 aliphatic rings. The van der Waals surface area contributed by atoms with Crippen molar-refractivity contribution in [2.45, 2.75) is 25.8 Å². The van der Waals surface area contributed by atoms with Gasteiger partial charge in [0.25, 0.3) is 5.91 Å². The van der Waals surface area contributed by atoms with Gasteiger partial charge in [0.05, 0.1) is 5.52 Å². The minimum absolute atomic E-state index is 0.116. The fourth-order valence-corrected chi connectivity index (χ4v) is 2.03. The van der Waals surface area contributed by atoms with Gasteiger partial charge < -0.3 is 11.1 Å². The average Bonchev–Trinajstić information content (AvgIpc) is 2.46. The highest BCUT2D eigenvalue weighted by atomic mass is 16.1. The summed E-state index contributed by atoms with van der Waals surface area (Å²) in [5, 5.41) is 4.00. The van der Waals surface area contributed by atoms with Crippen LogP contribution in [0.2, 0.25) is 0 Å². The van der Waals surface area contributed by atoms with Gasteiger partial charge in [0.1, 0.15) is 5.69 Å². The number of nitrogens with two attached hydrogens (primary N) is 1. The molecular formula is C15H19N3O. The van der Waals surface area contributed by atoms with Crippen molar-refractivity contribution in [1.29, 1.82) is 0 Å². The normalized spacial score (nSPS) is 12.3. The highest BCUT2D eigenvalue weighted by molar-refractivity contribution is 5.95. The molecule has 1 amide bonds. The van der Waals surface area contributed by atoms with Crippen LogP contribution in [-0.4, -0.2) is 23.5 Å². The van der Waals surface area contributed by atoms with E-state index in [2.05, 4.69) is 10.3 Å². The highest BCUT2D eigenvalue weighted by Crippen LogP contribution is 2.12. The summed E-state index contributed by atoms with van der Waals surface area (Å²) in [7, 11) is 0. The van der Waals surface area contributed by atoms with Crippen molar-refractivity contribution in [3.05, 3.63) is 42.1 Å². The van der Waals surface area contributed by atoms with Gasteiger partial charge in [-0.25, -0.2) is 4.98 Å². The van der Waals surface area contributed by atoms with Crippen LogP contribution in [0.3, 0.4) is 0 Å². The number of hydrogen-bond donors (Lipinski definition) is 2. The second kappa shape index (κ2) is 6.29. The fraction of sp³-hybridized carbons (Fsp3) is 0.333. The maximum atomic E-state index is 12.1. The number of benzene rings is 1. The molecule has 0 saturated heterocycles. The average molecular weight is 257 g/mol. The van der Waals surface area contributed by atoms with E-state index in [1.54, 1.807) is 6.07 Å². The van der Waals surface area contributed by atoms with Crippen molar-refractivity contribution in [3.63, 3.8) is 0 Å². The predicted molar refractivity (Wildman–Crippen MR) is 77.0 cm³/mol. The van der Waals surface area contributed by atoms with Crippen molar-refractivity contribution >= 4 is 16.8 Å². The van der Waals surface area contributed by atoms with Crippen molar-refractivity contribution in [2.24, 2.45) is 5.73 Å². The summed E-state index contributed by atoms with van der Waals surface area (Å²) in [6.45, 7) is 2.61. The number of nitrogens with one attached hydrogen (secondary N) is 1. The van der Waals surface area contributed by atoms with E-state index >= 15 is 0 Å². The molecule has 4 heteroatoms. The van der Waals surface area contributed by atoms with Crippen molar-refractivity contribution in [3.8, 4) is 0 Å². The van der Waals surface area contributed by atoms with E-state index in [0.717, 1.165) is 23.7 Å². The Morgan fingerprint density at radius 2 is 2.11 bits per heavy atom. The van der Waals surface area contributed by atoms with Gasteiger partial charge in [-0.3, -0.25) is 4.79 Å². The number of para-hydroxylation sites is 1. The van der Waals surface area contributed by atoms with E-state index < -0.39 is 0 Å².